The first-order valence-electron chi connectivity index (χ1n) is 13.1. The first kappa shape index (κ1) is 27.6. The molecule has 4 rings (SSSR count). The third-order valence-corrected chi connectivity index (χ3v) is 6.75. The van der Waals surface area contributed by atoms with Crippen molar-refractivity contribution in [3.05, 3.63) is 83.6 Å². The summed E-state index contributed by atoms with van der Waals surface area (Å²) in [6, 6.07) is 17.2. The molecule has 1 unspecified atom stereocenters. The highest BCUT2D eigenvalue weighted by molar-refractivity contribution is 6.10. The molecule has 39 heavy (non-hydrogen) atoms. The number of fused-ring (bicyclic) bond motifs is 1. The fourth-order valence-corrected chi connectivity index (χ4v) is 4.91. The zero-order chi connectivity index (χ0) is 27.9. The van der Waals surface area contributed by atoms with Gasteiger partial charge in [0, 0.05) is 12.2 Å². The van der Waals surface area contributed by atoms with Crippen molar-refractivity contribution in [2.75, 3.05) is 23.8 Å². The quantitative estimate of drug-likeness (QED) is 0.350. The minimum Gasteiger partial charge on any atom is -0.490 e. The lowest BCUT2D eigenvalue weighted by Gasteiger charge is -2.30. The van der Waals surface area contributed by atoms with Crippen LogP contribution in [0.5, 0.6) is 5.75 Å². The van der Waals surface area contributed by atoms with Gasteiger partial charge in [-0.2, -0.15) is 0 Å². The highest BCUT2D eigenvalue weighted by Crippen LogP contribution is 2.34. The lowest BCUT2D eigenvalue weighted by atomic mass is 9.99. The van der Waals surface area contributed by atoms with E-state index >= 15 is 0 Å². The average molecular weight is 531 g/mol. The number of nitrogen functional groups attached to an aromatic ring is 1. The monoisotopic (exact) mass is 530 g/mol. The number of rotatable bonds is 11. The zero-order valence-corrected chi connectivity index (χ0v) is 22.2. The maximum atomic E-state index is 14.0. The molecule has 1 aromatic heterocycles. The van der Waals surface area contributed by atoms with E-state index in [0.717, 1.165) is 18.4 Å². The van der Waals surface area contributed by atoms with Gasteiger partial charge in [-0.25, -0.2) is 4.98 Å². The molecule has 1 aliphatic rings. The number of aliphatic carboxylic acids is 1. The van der Waals surface area contributed by atoms with Crippen LogP contribution in [0.25, 0.3) is 0 Å². The molecular weight excluding hydrogens is 496 g/mol. The number of nitrogens with zero attached hydrogens (tertiary/aromatic N) is 3. The summed E-state index contributed by atoms with van der Waals surface area (Å²) in [7, 11) is 0. The Kier molecular flexibility index (Phi) is 8.81. The SMILES string of the molecule is CC(C)N1C(=O)CN(C(CC(=O)O)c2ccccc2)C(=O)c2cc(CCCCOc3cccnc3N)ccc21. The molecule has 2 heterocycles. The molecule has 9 nitrogen and oxygen atoms in total. The molecule has 1 atom stereocenters. The van der Waals surface area contributed by atoms with E-state index in [9.17, 15) is 19.5 Å². The van der Waals surface area contributed by atoms with Crippen LogP contribution >= 0.6 is 0 Å². The Morgan fingerprint density at radius 1 is 1.08 bits per heavy atom. The van der Waals surface area contributed by atoms with Gasteiger partial charge in [0.25, 0.3) is 5.91 Å². The number of carboxylic acids is 1. The van der Waals surface area contributed by atoms with Gasteiger partial charge in [0.05, 0.1) is 30.3 Å². The normalized spacial score (nSPS) is 14.2. The molecule has 2 aromatic carbocycles. The number of carbonyl (C=O) groups is 3. The number of pyridine rings is 1. The number of ether oxygens (including phenoxy) is 1. The van der Waals surface area contributed by atoms with Crippen molar-refractivity contribution in [1.29, 1.82) is 0 Å². The third kappa shape index (κ3) is 6.54. The molecule has 0 aliphatic carbocycles. The second-order valence-corrected chi connectivity index (χ2v) is 9.86. The van der Waals surface area contributed by atoms with Gasteiger partial charge in [0.2, 0.25) is 5.91 Å². The molecule has 0 saturated carbocycles. The van der Waals surface area contributed by atoms with Crippen LogP contribution in [0.1, 0.15) is 60.6 Å². The molecule has 9 heteroatoms. The summed E-state index contributed by atoms with van der Waals surface area (Å²) < 4.78 is 5.72. The lowest BCUT2D eigenvalue weighted by molar-refractivity contribution is -0.138. The van der Waals surface area contributed by atoms with E-state index in [4.69, 9.17) is 10.5 Å². The van der Waals surface area contributed by atoms with Crippen molar-refractivity contribution in [2.24, 2.45) is 0 Å². The molecule has 3 N–H and O–H groups in total. The Hall–Kier alpha value is -4.40. The molecule has 0 spiro atoms. The van der Waals surface area contributed by atoms with Gasteiger partial charge in [0.15, 0.2) is 11.6 Å². The lowest BCUT2D eigenvalue weighted by Crippen LogP contribution is -2.44. The number of hydrogen-bond acceptors (Lipinski definition) is 6. The van der Waals surface area contributed by atoms with E-state index in [1.807, 2.05) is 38.1 Å². The summed E-state index contributed by atoms with van der Waals surface area (Å²) >= 11 is 0. The van der Waals surface area contributed by atoms with Crippen molar-refractivity contribution >= 4 is 29.3 Å². The van der Waals surface area contributed by atoms with Crippen LogP contribution in [0.4, 0.5) is 11.5 Å². The zero-order valence-electron chi connectivity index (χ0n) is 22.2. The standard InChI is InChI=1S/C30H34N4O5/c1-20(2)34-24-14-13-21(9-6-7-16-39-26-12-8-15-32-29(26)31)17-23(24)30(38)33(19-27(34)35)25(18-28(36)37)22-10-4-3-5-11-22/h3-5,8,10-15,17,20,25H,6-7,9,16,18-19H2,1-2H3,(H2,31,32)(H,36,37). The molecule has 0 fully saturated rings. The van der Waals surface area contributed by atoms with E-state index in [1.165, 1.54) is 4.90 Å². The van der Waals surface area contributed by atoms with E-state index < -0.39 is 12.0 Å². The predicted octanol–water partition coefficient (Wildman–Crippen LogP) is 4.48. The van der Waals surface area contributed by atoms with Gasteiger partial charge >= 0.3 is 5.97 Å². The van der Waals surface area contributed by atoms with Gasteiger partial charge in [-0.1, -0.05) is 36.4 Å². The van der Waals surface area contributed by atoms with Crippen molar-refractivity contribution in [3.63, 3.8) is 0 Å². The number of carbonyl (C=O) groups excluding carboxylic acids is 2. The third-order valence-electron chi connectivity index (χ3n) is 6.75. The summed E-state index contributed by atoms with van der Waals surface area (Å²) in [6.45, 7) is 4.08. The van der Waals surface area contributed by atoms with Crippen LogP contribution in [-0.4, -0.2) is 52.0 Å². The number of aryl methyl sites for hydroxylation is 1. The van der Waals surface area contributed by atoms with Gasteiger partial charge < -0.3 is 25.4 Å². The highest BCUT2D eigenvalue weighted by Gasteiger charge is 2.37. The molecule has 0 radical (unpaired) electrons. The van der Waals surface area contributed by atoms with Gasteiger partial charge in [0.1, 0.15) is 6.54 Å². The van der Waals surface area contributed by atoms with Crippen molar-refractivity contribution in [3.8, 4) is 5.75 Å². The van der Waals surface area contributed by atoms with E-state index in [2.05, 4.69) is 4.98 Å². The second-order valence-electron chi connectivity index (χ2n) is 9.86. The molecule has 204 valence electrons. The number of nitrogens with two attached hydrogens (primary N) is 1. The number of unbranched alkanes of at least 4 members (excludes halogenated alkanes) is 1. The fourth-order valence-electron chi connectivity index (χ4n) is 4.91. The molecule has 3 aromatic rings. The first-order valence-corrected chi connectivity index (χ1v) is 13.1. The van der Waals surface area contributed by atoms with Crippen LogP contribution in [0.3, 0.4) is 0 Å². The molecule has 1 aliphatic heterocycles. The van der Waals surface area contributed by atoms with Gasteiger partial charge in [-0.15, -0.1) is 0 Å². The van der Waals surface area contributed by atoms with E-state index in [1.54, 1.807) is 47.5 Å². The number of aromatic nitrogens is 1. The minimum absolute atomic E-state index is 0.179. The van der Waals surface area contributed by atoms with Crippen molar-refractivity contribution in [2.45, 2.75) is 51.6 Å². The second kappa shape index (κ2) is 12.4. The van der Waals surface area contributed by atoms with Gasteiger partial charge in [-0.3, -0.25) is 14.4 Å². The summed E-state index contributed by atoms with van der Waals surface area (Å²) in [6.07, 6.45) is 3.60. The number of carboxylic acid groups (broad SMARTS) is 1. The molecular formula is C30H34N4O5. The number of anilines is 2. The maximum absolute atomic E-state index is 14.0. The summed E-state index contributed by atoms with van der Waals surface area (Å²) in [5, 5.41) is 9.65. The Balaban J connectivity index is 1.57. The summed E-state index contributed by atoms with van der Waals surface area (Å²) in [5.74, 6) is -0.733. The van der Waals surface area contributed by atoms with E-state index in [0.29, 0.717) is 41.4 Å². The van der Waals surface area contributed by atoms with Crippen molar-refractivity contribution < 1.29 is 24.2 Å². The Bertz CT molecular complexity index is 1330. The van der Waals surface area contributed by atoms with Crippen LogP contribution in [0.2, 0.25) is 0 Å². The topological polar surface area (TPSA) is 126 Å². The maximum Gasteiger partial charge on any atom is 0.305 e. The average Bonchev–Trinajstić information content (AvgIpc) is 3.02. The summed E-state index contributed by atoms with van der Waals surface area (Å²) in [5.41, 5.74) is 8.39. The smallest absolute Gasteiger partial charge is 0.305 e. The fraction of sp³-hybridized carbons (Fsp3) is 0.333. The van der Waals surface area contributed by atoms with E-state index in [-0.39, 0.29) is 30.8 Å². The van der Waals surface area contributed by atoms with Gasteiger partial charge in [-0.05, 0) is 68.5 Å². The Labute approximate surface area is 228 Å². The number of benzene rings is 2. The Morgan fingerprint density at radius 3 is 2.54 bits per heavy atom. The van der Waals surface area contributed by atoms with Crippen LogP contribution in [0.15, 0.2) is 66.9 Å². The predicted molar refractivity (Wildman–Crippen MR) is 149 cm³/mol. The Morgan fingerprint density at radius 2 is 1.85 bits per heavy atom. The molecule has 2 amide bonds. The molecule has 0 bridgehead atoms. The minimum atomic E-state index is -1.04. The largest absolute Gasteiger partial charge is 0.490 e. The van der Waals surface area contributed by atoms with Crippen LogP contribution in [-0.2, 0) is 16.0 Å². The summed E-state index contributed by atoms with van der Waals surface area (Å²) in [4.78, 5) is 46.3. The first-order chi connectivity index (χ1) is 18.8. The number of hydrogen-bond donors (Lipinski definition) is 2. The number of amides is 2. The molecule has 0 saturated heterocycles. The van der Waals surface area contributed by atoms with Crippen molar-refractivity contribution in [1.82, 2.24) is 9.88 Å². The van der Waals surface area contributed by atoms with Crippen LogP contribution < -0.4 is 15.4 Å². The van der Waals surface area contributed by atoms with Crippen LogP contribution in [0, 0.1) is 0 Å². The highest BCUT2D eigenvalue weighted by atomic mass is 16.5.